The summed E-state index contributed by atoms with van der Waals surface area (Å²) in [5, 5.41) is 10.4. The minimum Gasteiger partial charge on any atom is -0.359 e. The van der Waals surface area contributed by atoms with Crippen molar-refractivity contribution in [2.45, 2.75) is 6.18 Å². The van der Waals surface area contributed by atoms with Crippen LogP contribution in [0.15, 0.2) is 18.2 Å². The van der Waals surface area contributed by atoms with E-state index in [4.69, 9.17) is 0 Å². The van der Waals surface area contributed by atoms with Gasteiger partial charge in [-0.3, -0.25) is 14.9 Å². The maximum Gasteiger partial charge on any atom is 0.417 e. The van der Waals surface area contributed by atoms with E-state index in [0.717, 1.165) is 0 Å². The van der Waals surface area contributed by atoms with Crippen molar-refractivity contribution in [1.82, 2.24) is 0 Å². The van der Waals surface area contributed by atoms with E-state index in [2.05, 4.69) is 5.73 Å². The molecule has 0 heterocycles. The quantitative estimate of drug-likeness (QED) is 0.470. The van der Waals surface area contributed by atoms with Crippen LogP contribution >= 0.6 is 0 Å². The number of nitro benzene ring substituents is 1. The first kappa shape index (κ1) is 13.5. The van der Waals surface area contributed by atoms with Crippen LogP contribution < -0.4 is 5.73 Å². The molecule has 0 aliphatic heterocycles. The van der Waals surface area contributed by atoms with Gasteiger partial charge in [0.05, 0.1) is 10.5 Å². The van der Waals surface area contributed by atoms with Crippen molar-refractivity contribution in [2.24, 2.45) is 5.73 Å². The molecule has 0 aromatic heterocycles. The molecular weight excluding hydrogens is 253 g/mol. The van der Waals surface area contributed by atoms with E-state index < -0.39 is 33.8 Å². The Morgan fingerprint density at radius 1 is 1.39 bits per heavy atom. The van der Waals surface area contributed by atoms with Crippen LogP contribution in [-0.2, 0) is 11.0 Å². The molecule has 0 saturated heterocycles. The molecule has 0 fully saturated rings. The average Bonchev–Trinajstić information content (AvgIpc) is 2.24. The molecule has 1 amide bonds. The largest absolute Gasteiger partial charge is 0.417 e. The van der Waals surface area contributed by atoms with E-state index >= 15 is 0 Å². The molecule has 1 aromatic rings. The molecule has 8 heteroatoms. The van der Waals surface area contributed by atoms with Gasteiger partial charge in [-0.2, -0.15) is 13.2 Å². The molecule has 0 bridgehead atoms. The lowest BCUT2D eigenvalue weighted by Gasteiger charge is -2.08. The summed E-state index contributed by atoms with van der Waals surface area (Å²) in [5.74, 6) is 2.44. The van der Waals surface area contributed by atoms with Crippen molar-refractivity contribution in [3.05, 3.63) is 39.4 Å². The zero-order chi connectivity index (χ0) is 13.9. The molecule has 94 valence electrons. The summed E-state index contributed by atoms with van der Waals surface area (Å²) in [5.41, 5.74) is 2.28. The van der Waals surface area contributed by atoms with Crippen molar-refractivity contribution < 1.29 is 22.9 Å². The summed E-state index contributed by atoms with van der Waals surface area (Å²) in [6.45, 7) is 0. The summed E-state index contributed by atoms with van der Waals surface area (Å²) >= 11 is 0. The number of hydrogen-bond acceptors (Lipinski definition) is 3. The molecule has 1 rings (SSSR count). The number of alkyl halides is 3. The maximum atomic E-state index is 12.6. The second-order valence-corrected chi connectivity index (χ2v) is 3.10. The molecule has 18 heavy (non-hydrogen) atoms. The highest BCUT2D eigenvalue weighted by Gasteiger charge is 2.33. The number of nitrogens with zero attached hydrogens (tertiary/aromatic N) is 1. The third-order valence-electron chi connectivity index (χ3n) is 1.84. The normalized spacial score (nSPS) is 10.4. The number of nitrogens with two attached hydrogens (primary N) is 1. The molecule has 0 atom stereocenters. The third-order valence-corrected chi connectivity index (χ3v) is 1.84. The fourth-order valence-corrected chi connectivity index (χ4v) is 1.13. The van der Waals surface area contributed by atoms with Gasteiger partial charge in [0.15, 0.2) is 0 Å². The van der Waals surface area contributed by atoms with E-state index in [9.17, 15) is 28.1 Å². The average molecular weight is 258 g/mol. The first-order valence-electron chi connectivity index (χ1n) is 4.39. The second kappa shape index (κ2) is 4.75. The van der Waals surface area contributed by atoms with Gasteiger partial charge in [0.1, 0.15) is 0 Å². The number of carbonyl (C=O) groups is 1. The van der Waals surface area contributed by atoms with Gasteiger partial charge in [-0.05, 0) is 12.0 Å². The van der Waals surface area contributed by atoms with Gasteiger partial charge in [0.2, 0.25) is 0 Å². The zero-order valence-corrected chi connectivity index (χ0v) is 8.62. The lowest BCUT2D eigenvalue weighted by Crippen LogP contribution is -2.09. The summed E-state index contributed by atoms with van der Waals surface area (Å²) in [7, 11) is 0. The van der Waals surface area contributed by atoms with Crippen LogP contribution in [0.3, 0.4) is 0 Å². The topological polar surface area (TPSA) is 86.2 Å². The summed E-state index contributed by atoms with van der Waals surface area (Å²) in [6, 6.07) is 1.88. The van der Waals surface area contributed by atoms with Gasteiger partial charge in [0, 0.05) is 17.7 Å². The van der Waals surface area contributed by atoms with Crippen molar-refractivity contribution in [3.8, 4) is 11.8 Å². The van der Waals surface area contributed by atoms with Crippen LogP contribution in [0.1, 0.15) is 11.1 Å². The Bertz CT molecular complexity index is 570. The Balaban J connectivity index is 3.42. The smallest absolute Gasteiger partial charge is 0.359 e. The zero-order valence-electron chi connectivity index (χ0n) is 8.62. The Morgan fingerprint density at radius 3 is 2.44 bits per heavy atom. The van der Waals surface area contributed by atoms with Crippen LogP contribution in [0.2, 0.25) is 0 Å². The van der Waals surface area contributed by atoms with Crippen molar-refractivity contribution in [2.75, 3.05) is 0 Å². The third kappa shape index (κ3) is 3.21. The Kier molecular flexibility index (Phi) is 3.56. The van der Waals surface area contributed by atoms with Crippen molar-refractivity contribution in [1.29, 1.82) is 0 Å². The number of nitro groups is 1. The predicted molar refractivity (Wildman–Crippen MR) is 54.2 cm³/mol. The molecular formula is C10H5F3N2O3. The van der Waals surface area contributed by atoms with E-state index in [-0.39, 0.29) is 0 Å². The molecule has 0 spiro atoms. The highest BCUT2D eigenvalue weighted by molar-refractivity contribution is 5.92. The van der Waals surface area contributed by atoms with E-state index in [1.807, 2.05) is 5.92 Å². The molecule has 0 aliphatic rings. The Labute approximate surface area is 98.5 Å². The lowest BCUT2D eigenvalue weighted by atomic mass is 10.1. The van der Waals surface area contributed by atoms with Gasteiger partial charge < -0.3 is 5.73 Å². The van der Waals surface area contributed by atoms with Crippen LogP contribution in [0, 0.1) is 22.0 Å². The number of amides is 1. The maximum absolute atomic E-state index is 12.6. The Hall–Kier alpha value is -2.56. The predicted octanol–water partition coefficient (Wildman–Crippen LogP) is 1.45. The summed E-state index contributed by atoms with van der Waals surface area (Å²) < 4.78 is 37.7. The first-order chi connectivity index (χ1) is 8.21. The highest BCUT2D eigenvalue weighted by Crippen LogP contribution is 2.33. The van der Waals surface area contributed by atoms with Crippen molar-refractivity contribution in [3.63, 3.8) is 0 Å². The Morgan fingerprint density at radius 2 is 2.00 bits per heavy atom. The minimum atomic E-state index is -4.73. The number of primary amides is 1. The van der Waals surface area contributed by atoms with Gasteiger partial charge in [-0.25, -0.2) is 0 Å². The van der Waals surface area contributed by atoms with Crippen LogP contribution in [0.5, 0.6) is 0 Å². The van der Waals surface area contributed by atoms with Crippen LogP contribution in [-0.4, -0.2) is 10.8 Å². The fraction of sp³-hybridized carbons (Fsp3) is 0.100. The fourth-order valence-electron chi connectivity index (χ4n) is 1.13. The number of carbonyl (C=O) groups excluding carboxylic acids is 1. The summed E-state index contributed by atoms with van der Waals surface area (Å²) in [4.78, 5) is 20.0. The lowest BCUT2D eigenvalue weighted by molar-refractivity contribution is -0.384. The van der Waals surface area contributed by atoms with Crippen LogP contribution in [0.4, 0.5) is 18.9 Å². The standard InChI is InChI=1S/C10H5F3N2O3/c11-10(12,13)8-3-2-7(15(17)18)5-6(8)1-4-9(14)16/h2-3,5H,(H2,14,16). The highest BCUT2D eigenvalue weighted by atomic mass is 19.4. The minimum absolute atomic E-state index is 0.531. The van der Waals surface area contributed by atoms with Gasteiger partial charge in [-0.15, -0.1) is 0 Å². The van der Waals surface area contributed by atoms with Crippen LogP contribution in [0.25, 0.3) is 0 Å². The number of halogens is 3. The van der Waals surface area contributed by atoms with E-state index in [1.165, 1.54) is 0 Å². The number of rotatable bonds is 1. The molecule has 0 radical (unpaired) electrons. The molecule has 1 aromatic carbocycles. The summed E-state index contributed by atoms with van der Waals surface area (Å²) in [6.07, 6.45) is -4.73. The molecule has 0 unspecified atom stereocenters. The second-order valence-electron chi connectivity index (χ2n) is 3.10. The van der Waals surface area contributed by atoms with Crippen molar-refractivity contribution >= 4 is 11.6 Å². The number of benzene rings is 1. The molecule has 0 aliphatic carbocycles. The molecule has 0 saturated carbocycles. The number of hydrogen-bond donors (Lipinski definition) is 1. The van der Waals surface area contributed by atoms with Gasteiger partial charge in [-0.1, -0.05) is 5.92 Å². The monoisotopic (exact) mass is 258 g/mol. The first-order valence-corrected chi connectivity index (χ1v) is 4.39. The number of non-ortho nitro benzene ring substituents is 1. The molecule has 2 N–H and O–H groups in total. The van der Waals surface area contributed by atoms with Gasteiger partial charge in [0.25, 0.3) is 11.6 Å². The van der Waals surface area contributed by atoms with E-state index in [0.29, 0.717) is 18.2 Å². The SMILES string of the molecule is NC(=O)C#Cc1cc([N+](=O)[O-])ccc1C(F)(F)F. The van der Waals surface area contributed by atoms with E-state index in [1.54, 1.807) is 5.92 Å². The molecule has 5 nitrogen and oxygen atoms in total. The van der Waals surface area contributed by atoms with Gasteiger partial charge >= 0.3 is 6.18 Å².